The molecule has 10 nitrogen and oxygen atoms in total. The van der Waals surface area contributed by atoms with Crippen LogP contribution in [-0.2, 0) is 23.9 Å². The number of ether oxygens (including phenoxy) is 1. The summed E-state index contributed by atoms with van der Waals surface area (Å²) in [5, 5.41) is 5.62. The van der Waals surface area contributed by atoms with Crippen LogP contribution < -0.4 is 16.4 Å². The molecule has 3 fully saturated rings. The van der Waals surface area contributed by atoms with Crippen LogP contribution >= 0.6 is 0 Å². The molecule has 40 heavy (non-hydrogen) atoms. The van der Waals surface area contributed by atoms with Crippen molar-refractivity contribution in [1.82, 2.24) is 15.5 Å². The Kier molecular flexibility index (Phi) is 10.3. The van der Waals surface area contributed by atoms with Gasteiger partial charge in [-0.3, -0.25) is 19.2 Å². The van der Waals surface area contributed by atoms with Crippen LogP contribution in [0.5, 0.6) is 0 Å². The van der Waals surface area contributed by atoms with Gasteiger partial charge in [-0.25, -0.2) is 4.79 Å². The molecule has 2 aliphatic carbocycles. The smallest absolute Gasteiger partial charge is 0.408 e. The monoisotopic (exact) mass is 562 g/mol. The van der Waals surface area contributed by atoms with Crippen molar-refractivity contribution in [3.05, 3.63) is 0 Å². The maximum absolute atomic E-state index is 14.1. The lowest BCUT2D eigenvalue weighted by atomic mass is 9.80. The lowest BCUT2D eigenvalue weighted by Gasteiger charge is -2.38. The van der Waals surface area contributed by atoms with Gasteiger partial charge in [-0.05, 0) is 68.6 Å². The summed E-state index contributed by atoms with van der Waals surface area (Å²) in [6.45, 7) is 11.9. The second kappa shape index (κ2) is 12.9. The molecule has 10 heteroatoms. The minimum absolute atomic E-state index is 0.0859. The highest BCUT2D eigenvalue weighted by Crippen LogP contribution is 2.35. The minimum Gasteiger partial charge on any atom is -0.443 e. The molecule has 226 valence electrons. The largest absolute Gasteiger partial charge is 0.443 e. The number of hydrogen-bond donors (Lipinski definition) is 3. The first-order valence-corrected chi connectivity index (χ1v) is 15.1. The molecule has 0 radical (unpaired) electrons. The molecular weight excluding hydrogens is 512 g/mol. The zero-order valence-corrected chi connectivity index (χ0v) is 25.2. The van der Waals surface area contributed by atoms with Crippen molar-refractivity contribution < 1.29 is 28.7 Å². The average Bonchev–Trinajstić information content (AvgIpc) is 3.28. The number of hydrogen-bond acceptors (Lipinski definition) is 6. The molecule has 1 heterocycles. The third-order valence-electron chi connectivity index (χ3n) is 9.15. The van der Waals surface area contributed by atoms with E-state index in [-0.39, 0.29) is 23.7 Å². The first-order chi connectivity index (χ1) is 18.6. The predicted molar refractivity (Wildman–Crippen MR) is 151 cm³/mol. The fraction of sp³-hybridized carbons (Fsp3) is 0.833. The number of amides is 4. The van der Waals surface area contributed by atoms with E-state index in [4.69, 9.17) is 10.5 Å². The Morgan fingerprint density at radius 1 is 0.975 bits per heavy atom. The summed E-state index contributed by atoms with van der Waals surface area (Å²) in [6.07, 6.45) is 7.94. The van der Waals surface area contributed by atoms with E-state index in [2.05, 4.69) is 10.6 Å². The summed E-state index contributed by atoms with van der Waals surface area (Å²) in [5.74, 6) is -2.53. The van der Waals surface area contributed by atoms with E-state index in [0.29, 0.717) is 19.4 Å². The summed E-state index contributed by atoms with van der Waals surface area (Å²) in [5.41, 5.74) is 4.09. The molecule has 0 spiro atoms. The van der Waals surface area contributed by atoms with Crippen molar-refractivity contribution in [3.8, 4) is 0 Å². The Balaban J connectivity index is 1.81. The second-order valence-corrected chi connectivity index (χ2v) is 13.8. The Morgan fingerprint density at radius 2 is 1.60 bits per heavy atom. The van der Waals surface area contributed by atoms with Gasteiger partial charge in [0.15, 0.2) is 0 Å². The van der Waals surface area contributed by atoms with Gasteiger partial charge < -0.3 is 26.0 Å². The molecule has 2 saturated carbocycles. The van der Waals surface area contributed by atoms with Crippen LogP contribution in [0.2, 0.25) is 0 Å². The van der Waals surface area contributed by atoms with Gasteiger partial charge in [-0.15, -0.1) is 0 Å². The van der Waals surface area contributed by atoms with Gasteiger partial charge in [0.25, 0.3) is 5.91 Å². The van der Waals surface area contributed by atoms with Crippen LogP contribution in [0.1, 0.15) is 106 Å². The summed E-state index contributed by atoms with van der Waals surface area (Å²) in [6, 6.07) is -2.77. The molecular formula is C30H50N4O6. The maximum Gasteiger partial charge on any atom is 0.408 e. The molecule has 0 aromatic rings. The number of likely N-dealkylation sites (tertiary alicyclic amines) is 1. The first kappa shape index (κ1) is 31.9. The van der Waals surface area contributed by atoms with Gasteiger partial charge in [0.05, 0.1) is 6.04 Å². The van der Waals surface area contributed by atoms with Crippen LogP contribution in [-0.4, -0.2) is 64.8 Å². The molecule has 4 N–H and O–H groups in total. The van der Waals surface area contributed by atoms with E-state index >= 15 is 0 Å². The maximum atomic E-state index is 14.1. The number of nitrogens with zero attached hydrogens (tertiary/aromatic N) is 1. The van der Waals surface area contributed by atoms with Gasteiger partial charge in [0.2, 0.25) is 17.6 Å². The van der Waals surface area contributed by atoms with Crippen LogP contribution in [0.25, 0.3) is 0 Å². The molecule has 3 unspecified atom stereocenters. The normalized spacial score (nSPS) is 24.5. The fourth-order valence-electron chi connectivity index (χ4n) is 6.41. The van der Waals surface area contributed by atoms with E-state index in [9.17, 15) is 24.0 Å². The van der Waals surface area contributed by atoms with Crippen LogP contribution in [0.4, 0.5) is 4.79 Å². The summed E-state index contributed by atoms with van der Waals surface area (Å²) < 4.78 is 5.82. The number of carbonyl (C=O) groups is 5. The Hall–Kier alpha value is -2.65. The predicted octanol–water partition coefficient (Wildman–Crippen LogP) is 3.45. The fourth-order valence-corrected chi connectivity index (χ4v) is 6.41. The second-order valence-electron chi connectivity index (χ2n) is 13.8. The van der Waals surface area contributed by atoms with Gasteiger partial charge in [0.1, 0.15) is 17.7 Å². The van der Waals surface area contributed by atoms with Gasteiger partial charge in [-0.1, -0.05) is 60.3 Å². The highest BCUT2D eigenvalue weighted by Gasteiger charge is 2.48. The quantitative estimate of drug-likeness (QED) is 0.347. The van der Waals surface area contributed by atoms with Crippen molar-refractivity contribution >= 4 is 29.6 Å². The number of nitrogens with one attached hydrogen (secondary N) is 2. The van der Waals surface area contributed by atoms with Crippen LogP contribution in [0.15, 0.2) is 0 Å². The molecule has 0 bridgehead atoms. The highest BCUT2D eigenvalue weighted by atomic mass is 16.6. The average molecular weight is 563 g/mol. The van der Waals surface area contributed by atoms with Gasteiger partial charge >= 0.3 is 6.09 Å². The zero-order valence-electron chi connectivity index (χ0n) is 25.2. The Morgan fingerprint density at radius 3 is 2.10 bits per heavy atom. The summed E-state index contributed by atoms with van der Waals surface area (Å²) in [7, 11) is 0. The Labute approximate surface area is 238 Å². The summed E-state index contributed by atoms with van der Waals surface area (Å²) in [4.78, 5) is 66.8. The first-order valence-electron chi connectivity index (χ1n) is 15.1. The molecule has 0 aromatic heterocycles. The number of primary amides is 1. The van der Waals surface area contributed by atoms with Crippen molar-refractivity contribution in [2.45, 2.75) is 129 Å². The molecule has 4 atom stereocenters. The minimum atomic E-state index is -1.08. The number of alkyl carbamates (subject to hydrolysis) is 1. The van der Waals surface area contributed by atoms with Gasteiger partial charge in [-0.2, -0.15) is 0 Å². The SMILES string of the molecule is CC(C)[C@H]1CCN(C(=O)C(NC(=O)OC2(C)CCCCC2)C(C)(C)C)C1C(=O)NC(CC1CCC1)C(=O)C(N)=O. The number of rotatable bonds is 10. The topological polar surface area (TPSA) is 148 Å². The van der Waals surface area contributed by atoms with E-state index < -0.39 is 52.8 Å². The molecule has 0 aromatic carbocycles. The summed E-state index contributed by atoms with van der Waals surface area (Å²) >= 11 is 0. The number of nitrogens with two attached hydrogens (primary N) is 1. The number of Topliss-reactive ketones (excluding diaryl/α,β-unsaturated/α-hetero) is 1. The lowest BCUT2D eigenvalue weighted by Crippen LogP contribution is -2.60. The van der Waals surface area contributed by atoms with Crippen molar-refractivity contribution in [3.63, 3.8) is 0 Å². The van der Waals surface area contributed by atoms with Crippen LogP contribution in [0.3, 0.4) is 0 Å². The molecule has 3 aliphatic rings. The van der Waals surface area contributed by atoms with E-state index in [1.54, 1.807) is 0 Å². The van der Waals surface area contributed by atoms with Crippen molar-refractivity contribution in [2.24, 2.45) is 28.9 Å². The van der Waals surface area contributed by atoms with E-state index in [1.807, 2.05) is 41.5 Å². The third-order valence-corrected chi connectivity index (χ3v) is 9.15. The number of ketones is 1. The van der Waals surface area contributed by atoms with E-state index in [0.717, 1.165) is 51.4 Å². The standard InChI is InChI=1S/C30H50N4O6/c1-18(2)20-13-16-34(22(20)26(37)32-21(23(35)25(31)36)17-19-11-10-12-19)27(38)24(29(3,4)5)33-28(39)40-30(6)14-8-7-9-15-30/h18-22,24H,7-17H2,1-6H3,(H2,31,36)(H,32,37)(H,33,39)/t20-,21?,22?,24?/m1/s1. The van der Waals surface area contributed by atoms with Crippen molar-refractivity contribution in [1.29, 1.82) is 0 Å². The van der Waals surface area contributed by atoms with Crippen LogP contribution in [0, 0.1) is 23.2 Å². The number of carbonyl (C=O) groups excluding carboxylic acids is 5. The third kappa shape index (κ3) is 7.75. The molecule has 4 amide bonds. The van der Waals surface area contributed by atoms with E-state index in [1.165, 1.54) is 4.90 Å². The van der Waals surface area contributed by atoms with Crippen molar-refractivity contribution in [2.75, 3.05) is 6.54 Å². The molecule has 1 saturated heterocycles. The highest BCUT2D eigenvalue weighted by molar-refractivity contribution is 6.37. The lowest BCUT2D eigenvalue weighted by molar-refractivity contribution is -0.145. The van der Waals surface area contributed by atoms with Gasteiger partial charge in [0, 0.05) is 6.54 Å². The Bertz CT molecular complexity index is 964. The zero-order chi connectivity index (χ0) is 29.8. The molecule has 1 aliphatic heterocycles. The molecule has 3 rings (SSSR count).